The van der Waals surface area contributed by atoms with Crippen LogP contribution in [0.1, 0.15) is 58.8 Å². The third-order valence-electron chi connectivity index (χ3n) is 2.77. The maximum atomic E-state index is 13.1. The van der Waals surface area contributed by atoms with Gasteiger partial charge in [-0.1, -0.05) is 6.42 Å². The van der Waals surface area contributed by atoms with Crippen molar-refractivity contribution in [2.24, 2.45) is 0 Å². The predicted molar refractivity (Wildman–Crippen MR) is 57.4 cm³/mol. The van der Waals surface area contributed by atoms with Crippen LogP contribution in [0.4, 0.5) is 4.39 Å². The summed E-state index contributed by atoms with van der Waals surface area (Å²) in [6.07, 6.45) is 6.02. The Hall–Kier alpha value is -0.600. The molecule has 0 aromatic rings. The fourth-order valence-electron chi connectivity index (χ4n) is 1.83. The summed E-state index contributed by atoms with van der Waals surface area (Å²) in [7, 11) is 0. The van der Waals surface area contributed by atoms with Crippen molar-refractivity contribution in [3.05, 3.63) is 0 Å². The molecule has 1 saturated carbocycles. The molecule has 0 spiro atoms. The summed E-state index contributed by atoms with van der Waals surface area (Å²) in [5.41, 5.74) is -1.27. The maximum absolute atomic E-state index is 13.1. The predicted octanol–water partition coefficient (Wildman–Crippen LogP) is 3.39. The number of alkyl halides is 1. The first-order valence-corrected chi connectivity index (χ1v) is 5.86. The molecule has 15 heavy (non-hydrogen) atoms. The number of rotatable bonds is 4. The van der Waals surface area contributed by atoms with Crippen LogP contribution in [-0.2, 0) is 9.53 Å². The summed E-state index contributed by atoms with van der Waals surface area (Å²) in [5, 5.41) is 0. The first-order chi connectivity index (χ1) is 6.97. The number of hydrogen-bond donors (Lipinski definition) is 0. The van der Waals surface area contributed by atoms with E-state index in [0.717, 1.165) is 25.7 Å². The molecule has 0 aliphatic heterocycles. The minimum absolute atomic E-state index is 0.0916. The molecule has 1 aliphatic carbocycles. The molecule has 0 heterocycles. The fraction of sp³-hybridized carbons (Fsp3) is 0.917. The lowest BCUT2D eigenvalue weighted by molar-refractivity contribution is -0.151. The summed E-state index contributed by atoms with van der Waals surface area (Å²) in [6, 6.07) is 0. The van der Waals surface area contributed by atoms with Crippen LogP contribution in [0.25, 0.3) is 0 Å². The number of carbonyl (C=O) groups is 1. The zero-order chi connectivity index (χ0) is 11.3. The third kappa shape index (κ3) is 5.75. The lowest BCUT2D eigenvalue weighted by atomic mass is 9.98. The Morgan fingerprint density at radius 3 is 2.47 bits per heavy atom. The van der Waals surface area contributed by atoms with Gasteiger partial charge in [0.1, 0.15) is 11.8 Å². The monoisotopic (exact) mass is 216 g/mol. The largest absolute Gasteiger partial charge is 0.462 e. The number of esters is 1. The Labute approximate surface area is 91.2 Å². The molecule has 0 radical (unpaired) electrons. The van der Waals surface area contributed by atoms with Crippen LogP contribution in [0.15, 0.2) is 0 Å². The van der Waals surface area contributed by atoms with Crippen LogP contribution in [0, 0.1) is 0 Å². The third-order valence-corrected chi connectivity index (χ3v) is 2.77. The quantitative estimate of drug-likeness (QED) is 0.673. The molecule has 0 amide bonds. The van der Waals surface area contributed by atoms with Crippen LogP contribution in [0.3, 0.4) is 0 Å². The Balaban J connectivity index is 2.17. The van der Waals surface area contributed by atoms with Crippen molar-refractivity contribution >= 4 is 5.97 Å². The first kappa shape index (κ1) is 12.5. The van der Waals surface area contributed by atoms with Gasteiger partial charge in [0.25, 0.3) is 0 Å². The van der Waals surface area contributed by atoms with Crippen molar-refractivity contribution in [2.45, 2.75) is 70.6 Å². The van der Waals surface area contributed by atoms with Gasteiger partial charge >= 0.3 is 5.97 Å². The zero-order valence-corrected chi connectivity index (χ0v) is 9.72. The highest BCUT2D eigenvalue weighted by Gasteiger charge is 2.21. The molecule has 0 aromatic carbocycles. The van der Waals surface area contributed by atoms with E-state index < -0.39 is 5.67 Å². The molecule has 1 fully saturated rings. The summed E-state index contributed by atoms with van der Waals surface area (Å²) in [4.78, 5) is 11.4. The summed E-state index contributed by atoms with van der Waals surface area (Å²) in [5.74, 6) is -0.243. The van der Waals surface area contributed by atoms with E-state index in [0.29, 0.717) is 0 Å². The maximum Gasteiger partial charge on any atom is 0.306 e. The van der Waals surface area contributed by atoms with Gasteiger partial charge in [-0.3, -0.25) is 4.79 Å². The number of ether oxygens (including phenoxy) is 1. The molecule has 0 N–H and O–H groups in total. The van der Waals surface area contributed by atoms with Crippen molar-refractivity contribution in [1.82, 2.24) is 0 Å². The topological polar surface area (TPSA) is 26.3 Å². The smallest absolute Gasteiger partial charge is 0.306 e. The van der Waals surface area contributed by atoms with Gasteiger partial charge in [0, 0.05) is 6.42 Å². The lowest BCUT2D eigenvalue weighted by Gasteiger charge is -2.22. The molecule has 3 heteroatoms. The van der Waals surface area contributed by atoms with Gasteiger partial charge in [0.2, 0.25) is 0 Å². The molecule has 0 saturated heterocycles. The van der Waals surface area contributed by atoms with Gasteiger partial charge in [-0.2, -0.15) is 0 Å². The molecular formula is C12H21FO2. The summed E-state index contributed by atoms with van der Waals surface area (Å²) >= 11 is 0. The van der Waals surface area contributed by atoms with Gasteiger partial charge in [-0.25, -0.2) is 4.39 Å². The van der Waals surface area contributed by atoms with E-state index in [1.165, 1.54) is 20.3 Å². The van der Waals surface area contributed by atoms with Crippen molar-refractivity contribution < 1.29 is 13.9 Å². The van der Waals surface area contributed by atoms with Crippen molar-refractivity contribution in [2.75, 3.05) is 0 Å². The van der Waals surface area contributed by atoms with Gasteiger partial charge in [0.05, 0.1) is 0 Å². The zero-order valence-electron chi connectivity index (χ0n) is 9.72. The Morgan fingerprint density at radius 2 is 1.93 bits per heavy atom. The second-order valence-corrected chi connectivity index (χ2v) is 4.97. The summed E-state index contributed by atoms with van der Waals surface area (Å²) in [6.45, 7) is 2.97. The fourth-order valence-corrected chi connectivity index (χ4v) is 1.83. The van der Waals surface area contributed by atoms with E-state index in [9.17, 15) is 9.18 Å². The van der Waals surface area contributed by atoms with E-state index >= 15 is 0 Å². The van der Waals surface area contributed by atoms with Crippen molar-refractivity contribution in [3.63, 3.8) is 0 Å². The van der Waals surface area contributed by atoms with E-state index in [4.69, 9.17) is 4.74 Å². The SMILES string of the molecule is CC(C)(F)CCC(=O)OC1CCCCC1. The van der Waals surface area contributed by atoms with Crippen molar-refractivity contribution in [1.29, 1.82) is 0 Å². The van der Waals surface area contributed by atoms with Crippen LogP contribution in [0.2, 0.25) is 0 Å². The molecule has 1 aliphatic rings. The Kier molecular flexibility index (Phi) is 4.55. The van der Waals surface area contributed by atoms with Crippen LogP contribution >= 0.6 is 0 Å². The minimum Gasteiger partial charge on any atom is -0.462 e. The van der Waals surface area contributed by atoms with E-state index in [-0.39, 0.29) is 24.9 Å². The Bertz CT molecular complexity index is 202. The highest BCUT2D eigenvalue weighted by Crippen LogP contribution is 2.22. The number of hydrogen-bond acceptors (Lipinski definition) is 2. The van der Waals surface area contributed by atoms with Crippen molar-refractivity contribution in [3.8, 4) is 0 Å². The average molecular weight is 216 g/mol. The minimum atomic E-state index is -1.27. The van der Waals surface area contributed by atoms with Crippen LogP contribution in [-0.4, -0.2) is 17.7 Å². The molecule has 1 rings (SSSR count). The molecular weight excluding hydrogens is 195 g/mol. The van der Waals surface area contributed by atoms with E-state index in [1.54, 1.807) is 0 Å². The van der Waals surface area contributed by atoms with Gasteiger partial charge < -0.3 is 4.74 Å². The molecule has 0 atom stereocenters. The van der Waals surface area contributed by atoms with Gasteiger partial charge in [0.15, 0.2) is 0 Å². The molecule has 0 bridgehead atoms. The summed E-state index contributed by atoms with van der Waals surface area (Å²) < 4.78 is 18.4. The lowest BCUT2D eigenvalue weighted by Crippen LogP contribution is -2.22. The molecule has 0 unspecified atom stereocenters. The van der Waals surface area contributed by atoms with E-state index in [2.05, 4.69) is 0 Å². The second kappa shape index (κ2) is 5.47. The molecule has 2 nitrogen and oxygen atoms in total. The average Bonchev–Trinajstić information content (AvgIpc) is 2.15. The Morgan fingerprint density at radius 1 is 1.33 bits per heavy atom. The van der Waals surface area contributed by atoms with E-state index in [1.807, 2.05) is 0 Å². The molecule has 88 valence electrons. The highest BCUT2D eigenvalue weighted by molar-refractivity contribution is 5.69. The molecule has 0 aromatic heterocycles. The number of halogens is 1. The van der Waals surface area contributed by atoms with Crippen LogP contribution < -0.4 is 0 Å². The van der Waals surface area contributed by atoms with Gasteiger partial charge in [-0.15, -0.1) is 0 Å². The second-order valence-electron chi connectivity index (χ2n) is 4.97. The first-order valence-electron chi connectivity index (χ1n) is 5.86. The standard InChI is InChI=1S/C12H21FO2/c1-12(2,13)9-8-11(14)15-10-6-4-3-5-7-10/h10H,3-9H2,1-2H3. The van der Waals surface area contributed by atoms with Gasteiger partial charge in [-0.05, 0) is 46.0 Å². The highest BCUT2D eigenvalue weighted by atomic mass is 19.1. The normalized spacial score (nSPS) is 18.9. The number of carbonyl (C=O) groups excluding carboxylic acids is 1. The van der Waals surface area contributed by atoms with Crippen LogP contribution in [0.5, 0.6) is 0 Å².